The minimum absolute atomic E-state index is 0.0679. The standard InChI is InChI=1S/C35H31ClFN7O2/c1-21-27-18-26(9-10-30(27)42-41-21)38-35(45)23-7-11-32-31(16-23)39-33(43(32)2)19-44-14-12-22(13-15-44)29-4-3-5-34(40-29)46-20-24-6-8-25(36)17-28(24)37/h3-12,16-18H,13-15,19-20H2,1-2H3,(H,38,45)(H,41,42). The maximum Gasteiger partial charge on any atom is 0.255 e. The Bertz CT molecular complexity index is 2140. The topological polar surface area (TPSA) is 101 Å². The molecule has 2 N–H and O–H groups in total. The van der Waals surface area contributed by atoms with Gasteiger partial charge in [0.1, 0.15) is 18.2 Å². The van der Waals surface area contributed by atoms with Crippen molar-refractivity contribution < 1.29 is 13.9 Å². The number of pyridine rings is 1. The first-order chi connectivity index (χ1) is 22.3. The molecular weight excluding hydrogens is 605 g/mol. The van der Waals surface area contributed by atoms with Crippen LogP contribution in [0.2, 0.25) is 5.02 Å². The van der Waals surface area contributed by atoms with Crippen molar-refractivity contribution in [2.75, 3.05) is 18.4 Å². The quantitative estimate of drug-likeness (QED) is 0.186. The molecule has 0 saturated carbocycles. The van der Waals surface area contributed by atoms with Crippen LogP contribution in [0, 0.1) is 12.7 Å². The van der Waals surface area contributed by atoms with Crippen molar-refractivity contribution in [2.45, 2.75) is 26.5 Å². The molecule has 1 aliphatic rings. The van der Waals surface area contributed by atoms with Crippen molar-refractivity contribution in [3.05, 3.63) is 118 Å². The zero-order valence-electron chi connectivity index (χ0n) is 25.3. The lowest BCUT2D eigenvalue weighted by Crippen LogP contribution is -2.29. The zero-order chi connectivity index (χ0) is 31.8. The van der Waals surface area contributed by atoms with E-state index in [1.54, 1.807) is 18.2 Å². The number of carbonyl (C=O) groups is 1. The van der Waals surface area contributed by atoms with Crippen LogP contribution in [0.4, 0.5) is 10.1 Å². The summed E-state index contributed by atoms with van der Waals surface area (Å²) in [5.74, 6) is 0.772. The van der Waals surface area contributed by atoms with Gasteiger partial charge in [-0.3, -0.25) is 14.8 Å². The highest BCUT2D eigenvalue weighted by atomic mass is 35.5. The van der Waals surface area contributed by atoms with Gasteiger partial charge in [-0.2, -0.15) is 5.10 Å². The SMILES string of the molecule is Cc1[nH]nc2ccc(NC(=O)c3ccc4c(c3)nc(CN3CC=C(c5cccc(OCc6ccc(Cl)cc6F)n5)CC3)n4C)cc12. The number of anilines is 1. The van der Waals surface area contributed by atoms with Crippen LogP contribution >= 0.6 is 11.6 Å². The van der Waals surface area contributed by atoms with Gasteiger partial charge in [-0.05, 0) is 73.5 Å². The van der Waals surface area contributed by atoms with Gasteiger partial charge in [0, 0.05) is 59.1 Å². The van der Waals surface area contributed by atoms with Crippen molar-refractivity contribution in [1.82, 2.24) is 29.6 Å². The van der Waals surface area contributed by atoms with E-state index < -0.39 is 5.82 Å². The van der Waals surface area contributed by atoms with Gasteiger partial charge in [-0.15, -0.1) is 0 Å². The lowest BCUT2D eigenvalue weighted by molar-refractivity contribution is 0.102. The van der Waals surface area contributed by atoms with Crippen LogP contribution in [0.3, 0.4) is 0 Å². The Morgan fingerprint density at radius 2 is 1.96 bits per heavy atom. The summed E-state index contributed by atoms with van der Waals surface area (Å²) in [5.41, 5.74) is 7.23. The van der Waals surface area contributed by atoms with Gasteiger partial charge in [-0.1, -0.05) is 29.8 Å². The van der Waals surface area contributed by atoms with E-state index in [1.165, 1.54) is 6.07 Å². The summed E-state index contributed by atoms with van der Waals surface area (Å²) in [6.07, 6.45) is 3.00. The van der Waals surface area contributed by atoms with E-state index >= 15 is 0 Å². The Hall–Kier alpha value is -5.06. The smallest absolute Gasteiger partial charge is 0.255 e. The van der Waals surface area contributed by atoms with Crippen molar-refractivity contribution >= 4 is 50.7 Å². The number of aromatic amines is 1. The van der Waals surface area contributed by atoms with E-state index in [2.05, 4.69) is 36.0 Å². The van der Waals surface area contributed by atoms with Crippen molar-refractivity contribution in [3.63, 3.8) is 0 Å². The Morgan fingerprint density at radius 1 is 1.07 bits per heavy atom. The molecule has 0 spiro atoms. The van der Waals surface area contributed by atoms with Gasteiger partial charge in [0.2, 0.25) is 5.88 Å². The number of imidazole rings is 1. The highest BCUT2D eigenvalue weighted by Crippen LogP contribution is 2.26. The van der Waals surface area contributed by atoms with Crippen LogP contribution < -0.4 is 10.1 Å². The largest absolute Gasteiger partial charge is 0.473 e. The molecule has 0 aliphatic carbocycles. The Kier molecular flexibility index (Phi) is 7.98. The molecule has 6 aromatic rings. The lowest BCUT2D eigenvalue weighted by atomic mass is 10.0. The molecule has 0 saturated heterocycles. The molecule has 4 heterocycles. The molecule has 1 amide bonds. The number of halogens is 2. The van der Waals surface area contributed by atoms with Crippen LogP contribution in [-0.4, -0.2) is 48.6 Å². The highest BCUT2D eigenvalue weighted by molar-refractivity contribution is 6.30. The number of carbonyl (C=O) groups excluding carboxylic acids is 1. The number of aryl methyl sites for hydroxylation is 2. The molecule has 9 nitrogen and oxygen atoms in total. The molecule has 3 aromatic carbocycles. The number of aromatic nitrogens is 5. The van der Waals surface area contributed by atoms with Crippen LogP contribution in [0.15, 0.2) is 78.9 Å². The first kappa shape index (κ1) is 29.6. The fraction of sp³-hybridized carbons (Fsp3) is 0.200. The number of rotatable bonds is 8. The third kappa shape index (κ3) is 6.09. The predicted octanol–water partition coefficient (Wildman–Crippen LogP) is 7.07. The Labute approximate surface area is 269 Å². The molecule has 11 heteroatoms. The average molecular weight is 636 g/mol. The summed E-state index contributed by atoms with van der Waals surface area (Å²) in [4.78, 5) is 25.0. The fourth-order valence-electron chi connectivity index (χ4n) is 5.70. The molecule has 0 atom stereocenters. The number of nitrogens with zero attached hydrogens (tertiary/aromatic N) is 5. The molecule has 3 aromatic heterocycles. The maximum absolute atomic E-state index is 14.1. The second kappa shape index (κ2) is 12.4. The van der Waals surface area contributed by atoms with Crippen molar-refractivity contribution in [1.29, 1.82) is 0 Å². The Balaban J connectivity index is 0.995. The van der Waals surface area contributed by atoms with Crippen LogP contribution in [0.5, 0.6) is 5.88 Å². The summed E-state index contributed by atoms with van der Waals surface area (Å²) < 4.78 is 22.0. The molecule has 0 unspecified atom stereocenters. The monoisotopic (exact) mass is 635 g/mol. The average Bonchev–Trinajstić information content (AvgIpc) is 3.58. The lowest BCUT2D eigenvalue weighted by Gasteiger charge is -2.25. The first-order valence-corrected chi connectivity index (χ1v) is 15.4. The number of hydrogen-bond acceptors (Lipinski definition) is 6. The van der Waals surface area contributed by atoms with E-state index in [0.29, 0.717) is 34.3 Å². The van der Waals surface area contributed by atoms with Gasteiger partial charge in [0.15, 0.2) is 0 Å². The number of nitrogens with one attached hydrogen (secondary N) is 2. The van der Waals surface area contributed by atoms with Crippen molar-refractivity contribution in [2.24, 2.45) is 7.05 Å². The summed E-state index contributed by atoms with van der Waals surface area (Å²) in [5, 5.41) is 11.5. The van der Waals surface area contributed by atoms with Gasteiger partial charge < -0.3 is 14.6 Å². The predicted molar refractivity (Wildman–Crippen MR) is 177 cm³/mol. The minimum Gasteiger partial charge on any atom is -0.473 e. The van der Waals surface area contributed by atoms with Gasteiger partial charge in [0.05, 0.1) is 28.8 Å². The van der Waals surface area contributed by atoms with Crippen LogP contribution in [-0.2, 0) is 20.2 Å². The number of H-pyrrole nitrogens is 1. The molecule has 0 fully saturated rings. The molecule has 1 aliphatic heterocycles. The van der Waals surface area contributed by atoms with E-state index in [4.69, 9.17) is 21.3 Å². The third-order valence-electron chi connectivity index (χ3n) is 8.34. The van der Waals surface area contributed by atoms with E-state index in [1.807, 2.05) is 62.5 Å². The highest BCUT2D eigenvalue weighted by Gasteiger charge is 2.19. The number of hydrogen-bond donors (Lipinski definition) is 2. The molecule has 232 valence electrons. The van der Waals surface area contributed by atoms with Gasteiger partial charge in [0.25, 0.3) is 5.91 Å². The maximum atomic E-state index is 14.1. The number of fused-ring (bicyclic) bond motifs is 2. The van der Waals surface area contributed by atoms with E-state index in [9.17, 15) is 9.18 Å². The van der Waals surface area contributed by atoms with Gasteiger partial charge >= 0.3 is 0 Å². The summed E-state index contributed by atoms with van der Waals surface area (Å²) in [6, 6.07) is 21.4. The second-order valence-corrected chi connectivity index (χ2v) is 11.9. The fourth-order valence-corrected chi connectivity index (χ4v) is 5.86. The molecular formula is C35H31ClFN7O2. The van der Waals surface area contributed by atoms with E-state index in [0.717, 1.165) is 64.2 Å². The number of ether oxygens (including phenoxy) is 1. The minimum atomic E-state index is -0.403. The van der Waals surface area contributed by atoms with Crippen LogP contribution in [0.25, 0.3) is 27.5 Å². The first-order valence-electron chi connectivity index (χ1n) is 15.0. The van der Waals surface area contributed by atoms with Crippen LogP contribution in [0.1, 0.15) is 39.6 Å². The number of benzene rings is 3. The molecule has 0 bridgehead atoms. The molecule has 46 heavy (non-hydrogen) atoms. The molecule has 0 radical (unpaired) electrons. The van der Waals surface area contributed by atoms with Gasteiger partial charge in [-0.25, -0.2) is 14.4 Å². The third-order valence-corrected chi connectivity index (χ3v) is 8.57. The second-order valence-electron chi connectivity index (χ2n) is 11.4. The molecule has 7 rings (SSSR count). The normalized spacial score (nSPS) is 13.7. The number of amides is 1. The van der Waals surface area contributed by atoms with Crippen molar-refractivity contribution in [3.8, 4) is 5.88 Å². The van der Waals surface area contributed by atoms with E-state index in [-0.39, 0.29) is 12.5 Å². The summed E-state index contributed by atoms with van der Waals surface area (Å²) in [7, 11) is 2.00. The Morgan fingerprint density at radius 3 is 2.78 bits per heavy atom. The summed E-state index contributed by atoms with van der Waals surface area (Å²) in [6.45, 7) is 4.28. The summed E-state index contributed by atoms with van der Waals surface area (Å²) >= 11 is 5.85. The zero-order valence-corrected chi connectivity index (χ0v) is 26.1.